The van der Waals surface area contributed by atoms with Crippen LogP contribution in [0.15, 0.2) is 41.3 Å². The highest BCUT2D eigenvalue weighted by Gasteiger charge is 2.20. The predicted octanol–water partition coefficient (Wildman–Crippen LogP) is 4.31. The number of phenolic OH excluding ortho intramolecular Hbond substituents is 1. The Morgan fingerprint density at radius 2 is 1.86 bits per heavy atom. The molecule has 0 atom stereocenters. The van der Waals surface area contributed by atoms with Gasteiger partial charge in [-0.1, -0.05) is 39.8 Å². The van der Waals surface area contributed by atoms with Crippen molar-refractivity contribution in [3.05, 3.63) is 74.8 Å². The number of pyridine rings is 1. The molecule has 6 heteroatoms. The number of carbonyl (C=O) groups is 1. The van der Waals surface area contributed by atoms with E-state index in [1.807, 2.05) is 46.8 Å². The van der Waals surface area contributed by atoms with Gasteiger partial charge in [-0.15, -0.1) is 0 Å². The molecule has 0 bridgehead atoms. The van der Waals surface area contributed by atoms with Gasteiger partial charge in [0.1, 0.15) is 23.6 Å². The van der Waals surface area contributed by atoms with Gasteiger partial charge in [-0.25, -0.2) is 9.78 Å². The Morgan fingerprint density at radius 1 is 1.14 bits per heavy atom. The van der Waals surface area contributed by atoms with Crippen LogP contribution in [0, 0.1) is 6.92 Å². The molecule has 152 valence electrons. The number of hydrogen-bond donors (Lipinski definition) is 1. The molecular formula is C23H26N2O4. The van der Waals surface area contributed by atoms with Gasteiger partial charge in [0.2, 0.25) is 0 Å². The smallest absolute Gasteiger partial charge is 0.342 e. The fourth-order valence-corrected chi connectivity index (χ4v) is 3.16. The molecule has 1 N–H and O–H groups in total. The molecule has 2 heterocycles. The number of fused-ring (bicyclic) bond motifs is 1. The Kier molecular flexibility index (Phi) is 5.73. The van der Waals surface area contributed by atoms with Gasteiger partial charge >= 0.3 is 5.97 Å². The number of rotatable bonds is 5. The van der Waals surface area contributed by atoms with Crippen LogP contribution in [-0.2, 0) is 11.3 Å². The molecule has 1 aromatic carbocycles. The largest absolute Gasteiger partial charge is 0.507 e. The summed E-state index contributed by atoms with van der Waals surface area (Å²) < 4.78 is 6.83. The number of esters is 1. The van der Waals surface area contributed by atoms with E-state index in [2.05, 4.69) is 4.98 Å². The molecule has 2 aromatic heterocycles. The Labute approximate surface area is 169 Å². The first kappa shape index (κ1) is 20.6. The molecule has 0 saturated heterocycles. The van der Waals surface area contributed by atoms with E-state index >= 15 is 0 Å². The Bertz CT molecular complexity index is 1130. The lowest BCUT2D eigenvalue weighted by Crippen LogP contribution is -2.17. The minimum atomic E-state index is -0.641. The summed E-state index contributed by atoms with van der Waals surface area (Å²) in [7, 11) is 0. The molecule has 3 aromatic rings. The van der Waals surface area contributed by atoms with E-state index < -0.39 is 5.97 Å². The van der Waals surface area contributed by atoms with Crippen LogP contribution in [0.1, 0.15) is 72.3 Å². The molecule has 0 amide bonds. The van der Waals surface area contributed by atoms with Gasteiger partial charge in [-0.05, 0) is 47.6 Å². The highest BCUT2D eigenvalue weighted by Crippen LogP contribution is 2.33. The van der Waals surface area contributed by atoms with E-state index in [0.29, 0.717) is 16.9 Å². The van der Waals surface area contributed by atoms with Gasteiger partial charge in [-0.3, -0.25) is 9.20 Å². The van der Waals surface area contributed by atoms with E-state index in [1.165, 1.54) is 10.5 Å². The van der Waals surface area contributed by atoms with Crippen LogP contribution in [0.3, 0.4) is 0 Å². The topological polar surface area (TPSA) is 80.9 Å². The highest BCUT2D eigenvalue weighted by atomic mass is 16.5. The molecule has 3 rings (SSSR count). The summed E-state index contributed by atoms with van der Waals surface area (Å²) in [5.41, 5.74) is 3.35. The van der Waals surface area contributed by atoms with Crippen molar-refractivity contribution in [2.45, 2.75) is 53.1 Å². The number of ether oxygens (including phenoxy) is 1. The summed E-state index contributed by atoms with van der Waals surface area (Å²) >= 11 is 0. The molecular weight excluding hydrogens is 368 g/mol. The molecule has 0 unspecified atom stereocenters. The zero-order valence-electron chi connectivity index (χ0n) is 17.4. The number of phenols is 1. The number of nitrogens with zero attached hydrogens (tertiary/aromatic N) is 2. The normalized spacial score (nSPS) is 11.4. The van der Waals surface area contributed by atoms with Crippen molar-refractivity contribution >= 4 is 11.6 Å². The van der Waals surface area contributed by atoms with E-state index in [4.69, 9.17) is 4.74 Å². The lowest BCUT2D eigenvalue weighted by atomic mass is 9.92. The van der Waals surface area contributed by atoms with Crippen molar-refractivity contribution in [3.63, 3.8) is 0 Å². The molecule has 0 aliphatic carbocycles. The Hall–Kier alpha value is -3.15. The molecule has 0 spiro atoms. The van der Waals surface area contributed by atoms with Gasteiger partial charge in [0.05, 0.1) is 5.69 Å². The zero-order valence-corrected chi connectivity index (χ0v) is 17.4. The number of benzene rings is 1. The first-order valence-electron chi connectivity index (χ1n) is 9.70. The Morgan fingerprint density at radius 3 is 2.52 bits per heavy atom. The molecule has 0 saturated carbocycles. The summed E-state index contributed by atoms with van der Waals surface area (Å²) in [4.78, 5) is 29.4. The third-order valence-electron chi connectivity index (χ3n) is 4.88. The third-order valence-corrected chi connectivity index (χ3v) is 4.88. The third kappa shape index (κ3) is 4.31. The van der Waals surface area contributed by atoms with Crippen molar-refractivity contribution in [2.24, 2.45) is 0 Å². The molecule has 0 radical (unpaired) electrons. The second-order valence-corrected chi connectivity index (χ2v) is 7.91. The lowest BCUT2D eigenvalue weighted by molar-refractivity contribution is 0.0464. The van der Waals surface area contributed by atoms with Gasteiger partial charge in [-0.2, -0.15) is 0 Å². The summed E-state index contributed by atoms with van der Waals surface area (Å²) in [5, 5.41) is 10.6. The van der Waals surface area contributed by atoms with Crippen LogP contribution in [-0.4, -0.2) is 20.5 Å². The first-order chi connectivity index (χ1) is 13.7. The van der Waals surface area contributed by atoms with Crippen molar-refractivity contribution in [1.29, 1.82) is 0 Å². The maximum Gasteiger partial charge on any atom is 0.342 e. The average Bonchev–Trinajstić information content (AvgIpc) is 2.66. The van der Waals surface area contributed by atoms with E-state index in [0.717, 1.165) is 11.1 Å². The number of aromatic nitrogens is 2. The van der Waals surface area contributed by atoms with Crippen LogP contribution in [0.4, 0.5) is 0 Å². The standard InChI is InChI=1S/C23H26N2O4/c1-13(2)16-8-18(14(3)4)22(27)19(9-16)23(28)29-12-17-10-21(26)25-11-15(5)6-7-20(25)24-17/h6-11,13-14,27H,12H2,1-5H3. The minimum absolute atomic E-state index is 0.0589. The maximum atomic E-state index is 12.7. The molecule has 6 nitrogen and oxygen atoms in total. The van der Waals surface area contributed by atoms with Crippen LogP contribution >= 0.6 is 0 Å². The monoisotopic (exact) mass is 394 g/mol. The van der Waals surface area contributed by atoms with Crippen LogP contribution in [0.2, 0.25) is 0 Å². The number of hydrogen-bond acceptors (Lipinski definition) is 5. The summed E-state index contributed by atoms with van der Waals surface area (Å²) in [6.45, 7) is 9.72. The van der Waals surface area contributed by atoms with Crippen molar-refractivity contribution in [1.82, 2.24) is 9.38 Å². The molecule has 0 aliphatic heterocycles. The minimum Gasteiger partial charge on any atom is -0.507 e. The van der Waals surface area contributed by atoms with Crippen LogP contribution < -0.4 is 5.56 Å². The van der Waals surface area contributed by atoms with Gasteiger partial charge in [0.15, 0.2) is 0 Å². The number of aryl methyl sites for hydroxylation is 1. The molecule has 0 aliphatic rings. The van der Waals surface area contributed by atoms with Crippen molar-refractivity contribution in [2.75, 3.05) is 0 Å². The summed E-state index contributed by atoms with van der Waals surface area (Å²) in [6, 6.07) is 8.55. The highest BCUT2D eigenvalue weighted by molar-refractivity contribution is 5.93. The quantitative estimate of drug-likeness (QED) is 0.652. The van der Waals surface area contributed by atoms with Crippen molar-refractivity contribution < 1.29 is 14.6 Å². The Balaban J connectivity index is 1.88. The first-order valence-corrected chi connectivity index (χ1v) is 9.70. The maximum absolute atomic E-state index is 12.7. The van der Waals surface area contributed by atoms with Gasteiger partial charge in [0, 0.05) is 12.3 Å². The average molecular weight is 394 g/mol. The molecule has 0 fully saturated rings. The van der Waals surface area contributed by atoms with Crippen LogP contribution in [0.5, 0.6) is 5.75 Å². The van der Waals surface area contributed by atoms with E-state index in [9.17, 15) is 14.7 Å². The van der Waals surface area contributed by atoms with Gasteiger partial charge in [0.25, 0.3) is 5.56 Å². The summed E-state index contributed by atoms with van der Waals surface area (Å²) in [6.07, 6.45) is 1.71. The number of carbonyl (C=O) groups excluding carboxylic acids is 1. The van der Waals surface area contributed by atoms with E-state index in [1.54, 1.807) is 18.3 Å². The van der Waals surface area contributed by atoms with Crippen LogP contribution in [0.25, 0.3) is 5.65 Å². The number of aromatic hydroxyl groups is 1. The van der Waals surface area contributed by atoms with E-state index in [-0.39, 0.29) is 35.3 Å². The van der Waals surface area contributed by atoms with Gasteiger partial charge < -0.3 is 9.84 Å². The SMILES string of the molecule is Cc1ccc2nc(COC(=O)c3cc(C(C)C)cc(C(C)C)c3O)cc(=O)n2c1. The zero-order chi connectivity index (χ0) is 21.3. The molecule has 29 heavy (non-hydrogen) atoms. The lowest BCUT2D eigenvalue weighted by Gasteiger charge is -2.16. The predicted molar refractivity (Wildman–Crippen MR) is 112 cm³/mol. The fraction of sp³-hybridized carbons (Fsp3) is 0.348. The summed E-state index contributed by atoms with van der Waals surface area (Å²) in [5.74, 6) is -0.439. The second kappa shape index (κ2) is 8.07. The fourth-order valence-electron chi connectivity index (χ4n) is 3.16. The second-order valence-electron chi connectivity index (χ2n) is 7.91. The van der Waals surface area contributed by atoms with Crippen molar-refractivity contribution in [3.8, 4) is 5.75 Å².